The molecule has 0 aliphatic heterocycles. The quantitative estimate of drug-likeness (QED) is 0.407. The average Bonchev–Trinajstić information content (AvgIpc) is 2.52. The first-order chi connectivity index (χ1) is 11.4. The van der Waals surface area contributed by atoms with E-state index in [1.807, 2.05) is 48.5 Å². The zero-order valence-corrected chi connectivity index (χ0v) is 13.9. The van der Waals surface area contributed by atoms with Gasteiger partial charge in [-0.25, -0.2) is 0 Å². The maximum atomic E-state index is 11.8. The number of hydrogen-bond acceptors (Lipinski definition) is 4. The van der Waals surface area contributed by atoms with Crippen LogP contribution >= 0.6 is 10.7 Å². The van der Waals surface area contributed by atoms with E-state index in [-0.39, 0.29) is 6.42 Å². The van der Waals surface area contributed by atoms with E-state index in [0.29, 0.717) is 5.56 Å². The number of halogens is 1. The topological polar surface area (TPSA) is 60.4 Å². The Hall–Kier alpha value is -2.37. The Bertz CT molecular complexity index is 1180. The van der Waals surface area contributed by atoms with Gasteiger partial charge < -0.3 is 4.18 Å². The second-order valence-electron chi connectivity index (χ2n) is 5.61. The largest absolute Gasteiger partial charge is 0.403 e. The number of hydrogen-bond donors (Lipinski definition) is 0. The Labute approximate surface area is 142 Å². The molecule has 0 N–H and O–H groups in total. The molecule has 24 heavy (non-hydrogen) atoms. The van der Waals surface area contributed by atoms with E-state index in [1.54, 1.807) is 0 Å². The molecule has 4 aromatic carbocycles. The lowest BCUT2D eigenvalue weighted by Gasteiger charge is -2.13. The minimum atomic E-state index is -4.32. The van der Waals surface area contributed by atoms with Crippen molar-refractivity contribution in [3.63, 3.8) is 0 Å². The van der Waals surface area contributed by atoms with Gasteiger partial charge in [-0.3, -0.25) is 4.79 Å². The molecular weight excluding hydrogens is 348 g/mol. The molecule has 0 aromatic heterocycles. The average molecular weight is 359 g/mol. The van der Waals surface area contributed by atoms with Crippen molar-refractivity contribution in [2.75, 3.05) is 0 Å². The molecule has 0 atom stereocenters. The fraction of sp³-hybridized carbons (Fsp3) is 0.0556. The van der Waals surface area contributed by atoms with Crippen molar-refractivity contribution in [2.45, 2.75) is 6.42 Å². The molecule has 0 aliphatic carbocycles. The Morgan fingerprint density at radius 2 is 1.46 bits per heavy atom. The Morgan fingerprint density at radius 1 is 0.875 bits per heavy atom. The summed E-state index contributed by atoms with van der Waals surface area (Å²) < 4.78 is 26.0. The molecular formula is C18H11ClO4S. The standard InChI is InChI=1S/C18H11ClO4S/c19-24(21,22)23-16(20)10-14-7-6-13-5-4-11-2-1-3-12-8-9-15(14)18(13)17(11)12/h1-9H,10H2. The van der Waals surface area contributed by atoms with Gasteiger partial charge in [0, 0.05) is 0 Å². The summed E-state index contributed by atoms with van der Waals surface area (Å²) in [6, 6.07) is 17.9. The van der Waals surface area contributed by atoms with Crippen LogP contribution in [0.2, 0.25) is 0 Å². The lowest BCUT2D eigenvalue weighted by Crippen LogP contribution is -2.11. The minimum absolute atomic E-state index is 0.167. The molecule has 0 saturated heterocycles. The number of benzene rings is 4. The summed E-state index contributed by atoms with van der Waals surface area (Å²) in [6.07, 6.45) is -0.167. The van der Waals surface area contributed by atoms with Gasteiger partial charge >= 0.3 is 15.3 Å². The Balaban J connectivity index is 1.93. The van der Waals surface area contributed by atoms with E-state index in [0.717, 1.165) is 32.3 Å². The van der Waals surface area contributed by atoms with Crippen LogP contribution in [-0.4, -0.2) is 14.4 Å². The predicted octanol–water partition coefficient (Wildman–Crippen LogP) is 4.15. The van der Waals surface area contributed by atoms with Crippen molar-refractivity contribution in [3.8, 4) is 0 Å². The Kier molecular flexibility index (Phi) is 3.37. The number of rotatable bonds is 3. The van der Waals surface area contributed by atoms with E-state index >= 15 is 0 Å². The molecule has 0 bridgehead atoms. The van der Waals surface area contributed by atoms with Gasteiger partial charge in [0.05, 0.1) is 17.1 Å². The van der Waals surface area contributed by atoms with E-state index in [4.69, 9.17) is 10.7 Å². The molecule has 0 amide bonds. The molecule has 0 fully saturated rings. The van der Waals surface area contributed by atoms with Crippen molar-refractivity contribution in [3.05, 3.63) is 60.2 Å². The molecule has 0 aliphatic rings. The van der Waals surface area contributed by atoms with Gasteiger partial charge in [-0.15, -0.1) is 0 Å². The maximum Gasteiger partial charge on any atom is 0.403 e. The molecule has 4 aromatic rings. The molecule has 4 nitrogen and oxygen atoms in total. The first-order valence-corrected chi connectivity index (χ1v) is 9.48. The predicted molar refractivity (Wildman–Crippen MR) is 94.7 cm³/mol. The van der Waals surface area contributed by atoms with Gasteiger partial charge in [-0.2, -0.15) is 8.42 Å². The van der Waals surface area contributed by atoms with Crippen LogP contribution in [0.15, 0.2) is 54.6 Å². The maximum absolute atomic E-state index is 11.8. The van der Waals surface area contributed by atoms with Gasteiger partial charge in [0.2, 0.25) is 0 Å². The van der Waals surface area contributed by atoms with Crippen LogP contribution in [0.4, 0.5) is 0 Å². The lowest BCUT2D eigenvalue weighted by molar-refractivity contribution is -0.132. The van der Waals surface area contributed by atoms with Crippen molar-refractivity contribution >= 4 is 58.3 Å². The van der Waals surface area contributed by atoms with Crippen LogP contribution < -0.4 is 0 Å². The molecule has 6 heteroatoms. The summed E-state index contributed by atoms with van der Waals surface area (Å²) >= 11 is 0. The second-order valence-corrected chi connectivity index (χ2v) is 7.69. The number of carbonyl (C=O) groups excluding carboxylic acids is 1. The van der Waals surface area contributed by atoms with Gasteiger partial charge in [-0.05, 0) is 37.9 Å². The van der Waals surface area contributed by atoms with E-state index in [2.05, 4.69) is 10.2 Å². The summed E-state index contributed by atoms with van der Waals surface area (Å²) in [5.74, 6) is -0.903. The molecule has 0 spiro atoms. The summed E-state index contributed by atoms with van der Waals surface area (Å²) in [5.41, 5.74) is 0.700. The molecule has 0 saturated carbocycles. The fourth-order valence-corrected chi connectivity index (χ4v) is 3.74. The highest BCUT2D eigenvalue weighted by atomic mass is 35.7. The summed E-state index contributed by atoms with van der Waals surface area (Å²) in [5, 5.41) is 6.40. The van der Waals surface area contributed by atoms with Crippen LogP contribution in [0.5, 0.6) is 0 Å². The monoisotopic (exact) mass is 358 g/mol. The summed E-state index contributed by atoms with van der Waals surface area (Å²) in [4.78, 5) is 11.8. The van der Waals surface area contributed by atoms with Crippen LogP contribution in [0, 0.1) is 0 Å². The summed E-state index contributed by atoms with van der Waals surface area (Å²) in [7, 11) is 0.642. The molecule has 4 rings (SSSR count). The van der Waals surface area contributed by atoms with Gasteiger partial charge in [0.15, 0.2) is 0 Å². The third kappa shape index (κ3) is 2.56. The van der Waals surface area contributed by atoms with Crippen LogP contribution in [0.1, 0.15) is 5.56 Å². The molecule has 120 valence electrons. The third-order valence-electron chi connectivity index (χ3n) is 4.15. The highest BCUT2D eigenvalue weighted by Crippen LogP contribution is 2.36. The Morgan fingerprint density at radius 3 is 2.12 bits per heavy atom. The third-order valence-corrected chi connectivity index (χ3v) is 4.72. The van der Waals surface area contributed by atoms with E-state index in [9.17, 15) is 13.2 Å². The first-order valence-electron chi connectivity index (χ1n) is 7.25. The normalized spacial score (nSPS) is 12.2. The van der Waals surface area contributed by atoms with Crippen LogP contribution in [-0.2, 0) is 24.7 Å². The van der Waals surface area contributed by atoms with Crippen molar-refractivity contribution in [2.24, 2.45) is 0 Å². The minimum Gasteiger partial charge on any atom is -0.334 e. The smallest absolute Gasteiger partial charge is 0.334 e. The highest BCUT2D eigenvalue weighted by Gasteiger charge is 2.17. The zero-order valence-electron chi connectivity index (χ0n) is 12.3. The van der Waals surface area contributed by atoms with E-state index in [1.165, 1.54) is 0 Å². The summed E-state index contributed by atoms with van der Waals surface area (Å²) in [6.45, 7) is 0. The van der Waals surface area contributed by atoms with E-state index < -0.39 is 15.3 Å². The van der Waals surface area contributed by atoms with Crippen LogP contribution in [0.3, 0.4) is 0 Å². The highest BCUT2D eigenvalue weighted by molar-refractivity contribution is 8.10. The van der Waals surface area contributed by atoms with Gasteiger partial charge in [0.25, 0.3) is 0 Å². The molecule has 0 unspecified atom stereocenters. The molecule has 0 radical (unpaired) electrons. The van der Waals surface area contributed by atoms with Crippen molar-refractivity contribution in [1.82, 2.24) is 0 Å². The van der Waals surface area contributed by atoms with Crippen molar-refractivity contribution in [1.29, 1.82) is 0 Å². The fourth-order valence-electron chi connectivity index (χ4n) is 3.25. The molecule has 0 heterocycles. The van der Waals surface area contributed by atoms with Gasteiger partial charge in [0.1, 0.15) is 0 Å². The second kappa shape index (κ2) is 5.33. The number of carbonyl (C=O) groups is 1. The zero-order chi connectivity index (χ0) is 16.9. The first kappa shape index (κ1) is 15.2. The van der Waals surface area contributed by atoms with Crippen molar-refractivity contribution < 1.29 is 17.4 Å². The van der Waals surface area contributed by atoms with Crippen LogP contribution in [0.25, 0.3) is 32.3 Å². The lowest BCUT2D eigenvalue weighted by atomic mass is 9.91. The SMILES string of the molecule is O=C(Cc1ccc2ccc3cccc4ccc1c2c34)OS(=O)(=O)Cl. The van der Waals surface area contributed by atoms with Gasteiger partial charge in [-0.1, -0.05) is 54.6 Å².